The quantitative estimate of drug-likeness (QED) is 0.137. The van der Waals surface area contributed by atoms with Crippen LogP contribution in [0.4, 0.5) is 21.0 Å². The zero-order chi connectivity index (χ0) is 42.7. The van der Waals surface area contributed by atoms with Crippen molar-refractivity contribution in [3.05, 3.63) is 113 Å². The topological polar surface area (TPSA) is 168 Å². The summed E-state index contributed by atoms with van der Waals surface area (Å²) < 4.78 is 29.0. The first-order valence-corrected chi connectivity index (χ1v) is 20.0. The van der Waals surface area contributed by atoms with E-state index in [0.29, 0.717) is 50.0 Å². The van der Waals surface area contributed by atoms with Crippen LogP contribution in [-0.4, -0.2) is 95.5 Å². The molecule has 7 rings (SSSR count). The van der Waals surface area contributed by atoms with Crippen molar-refractivity contribution < 1.29 is 53.1 Å². The Morgan fingerprint density at radius 2 is 1.27 bits per heavy atom. The molecule has 0 unspecified atom stereocenters. The summed E-state index contributed by atoms with van der Waals surface area (Å²) in [5.41, 5.74) is 3.96. The second-order valence-electron chi connectivity index (χ2n) is 15.3. The molecule has 2 N–H and O–H groups in total. The lowest BCUT2D eigenvalue weighted by molar-refractivity contribution is 0.0544. The molecule has 4 aliphatic rings. The van der Waals surface area contributed by atoms with Gasteiger partial charge in [-0.2, -0.15) is 0 Å². The number of anilines is 2. The molecule has 4 heterocycles. The molecule has 4 amide bonds. The van der Waals surface area contributed by atoms with Crippen LogP contribution in [0, 0.1) is 6.92 Å². The fourth-order valence-electron chi connectivity index (χ4n) is 7.99. The van der Waals surface area contributed by atoms with Gasteiger partial charge < -0.3 is 43.7 Å². The first kappa shape index (κ1) is 41.8. The zero-order valence-corrected chi connectivity index (χ0v) is 34.2. The van der Waals surface area contributed by atoms with Gasteiger partial charge in [-0.15, -0.1) is 0 Å². The van der Waals surface area contributed by atoms with Gasteiger partial charge in [0.1, 0.15) is 19.0 Å². The Hall–Kier alpha value is -6.32. The third-order valence-electron chi connectivity index (χ3n) is 11.0. The number of hydrogen-bond donors (Lipinski definition) is 2. The van der Waals surface area contributed by atoms with Crippen molar-refractivity contribution in [3.8, 4) is 17.2 Å². The average molecular weight is 823 g/mol. The van der Waals surface area contributed by atoms with Crippen LogP contribution in [0.1, 0.15) is 77.8 Å². The summed E-state index contributed by atoms with van der Waals surface area (Å²) >= 11 is 0. The molecule has 4 atom stereocenters. The smallest absolute Gasteiger partial charge is 0.416 e. The Bertz CT molecular complexity index is 2220. The number of benzene rings is 3. The molecule has 0 aromatic heterocycles. The van der Waals surface area contributed by atoms with E-state index in [0.717, 1.165) is 26.5 Å². The zero-order valence-electron chi connectivity index (χ0n) is 34.2. The van der Waals surface area contributed by atoms with E-state index in [-0.39, 0.29) is 59.7 Å². The van der Waals surface area contributed by atoms with Crippen molar-refractivity contribution in [1.82, 2.24) is 9.80 Å². The van der Waals surface area contributed by atoms with Gasteiger partial charge in [0.15, 0.2) is 24.0 Å². The maximum absolute atomic E-state index is 13.9. The normalized spacial score (nSPS) is 20.5. The number of nitrogens with zero attached hydrogens (tertiary/aromatic N) is 4. The van der Waals surface area contributed by atoms with Crippen molar-refractivity contribution in [1.29, 1.82) is 0 Å². The van der Waals surface area contributed by atoms with Gasteiger partial charge in [0, 0.05) is 24.5 Å². The number of carbonyl (C=O) groups is 4. The summed E-state index contributed by atoms with van der Waals surface area (Å²) in [6.07, 6.45) is 3.12. The van der Waals surface area contributed by atoms with Gasteiger partial charge in [-0.05, 0) is 76.1 Å². The van der Waals surface area contributed by atoms with Crippen LogP contribution in [0.2, 0.25) is 0 Å². The van der Waals surface area contributed by atoms with Crippen molar-refractivity contribution in [2.24, 2.45) is 0 Å². The monoisotopic (exact) mass is 822 g/mol. The number of aliphatic hydroxyl groups excluding tert-OH is 2. The second kappa shape index (κ2) is 17.9. The van der Waals surface area contributed by atoms with E-state index in [1.165, 1.54) is 35.1 Å². The van der Waals surface area contributed by atoms with Gasteiger partial charge in [0.2, 0.25) is 0 Å². The SMILES string of the molecule is C=CCOC(=O)N1c2cc(OCCCCCOc3cc4c(cc3OC)C(=O)N3C=C(C)C[C@H]3[C@H](O)N4C(=O)OCc3ccccc3)c(C)cc2C(=O)N2C=C(C)C[C@H]2[C@@H]1O. The molecular formula is C45H50N4O11. The molecule has 60 heavy (non-hydrogen) atoms. The number of rotatable bonds is 13. The van der Waals surface area contributed by atoms with Gasteiger partial charge >= 0.3 is 12.2 Å². The van der Waals surface area contributed by atoms with Gasteiger partial charge in [-0.3, -0.25) is 9.59 Å². The average Bonchev–Trinajstić information content (AvgIpc) is 3.81. The highest BCUT2D eigenvalue weighted by Gasteiger charge is 2.46. The Labute approximate surface area is 348 Å². The van der Waals surface area contributed by atoms with Crippen LogP contribution < -0.4 is 24.0 Å². The minimum atomic E-state index is -1.41. The molecule has 0 saturated heterocycles. The first-order valence-electron chi connectivity index (χ1n) is 20.0. The minimum absolute atomic E-state index is 0.0319. The summed E-state index contributed by atoms with van der Waals surface area (Å²) in [7, 11) is 1.46. The van der Waals surface area contributed by atoms with Gasteiger partial charge in [-0.25, -0.2) is 19.4 Å². The molecule has 0 bridgehead atoms. The summed E-state index contributed by atoms with van der Waals surface area (Å²) in [4.78, 5) is 59.8. The van der Waals surface area contributed by atoms with Gasteiger partial charge in [0.25, 0.3) is 11.8 Å². The number of ether oxygens (including phenoxy) is 5. The number of aryl methyl sites for hydroxylation is 1. The van der Waals surface area contributed by atoms with Crippen LogP contribution in [-0.2, 0) is 16.1 Å². The molecule has 0 radical (unpaired) electrons. The molecule has 316 valence electrons. The molecule has 0 fully saturated rings. The van der Waals surface area contributed by atoms with E-state index >= 15 is 0 Å². The number of hydrogen-bond acceptors (Lipinski definition) is 11. The van der Waals surface area contributed by atoms with Crippen molar-refractivity contribution in [3.63, 3.8) is 0 Å². The third-order valence-corrected chi connectivity index (χ3v) is 11.0. The highest BCUT2D eigenvalue weighted by atomic mass is 16.6. The maximum atomic E-state index is 13.9. The fourth-order valence-corrected chi connectivity index (χ4v) is 7.99. The van der Waals surface area contributed by atoms with Crippen molar-refractivity contribution in [2.45, 2.75) is 84.0 Å². The van der Waals surface area contributed by atoms with Gasteiger partial charge in [0.05, 0.1) is 54.9 Å². The number of carbonyl (C=O) groups excluding carboxylic acids is 4. The Kier molecular flexibility index (Phi) is 12.5. The predicted molar refractivity (Wildman–Crippen MR) is 221 cm³/mol. The number of fused-ring (bicyclic) bond motifs is 4. The molecule has 3 aromatic carbocycles. The van der Waals surface area contributed by atoms with E-state index in [4.69, 9.17) is 23.7 Å². The van der Waals surface area contributed by atoms with E-state index in [2.05, 4.69) is 6.58 Å². The van der Waals surface area contributed by atoms with Crippen molar-refractivity contribution in [2.75, 3.05) is 36.7 Å². The van der Waals surface area contributed by atoms with Crippen LogP contribution >= 0.6 is 0 Å². The summed E-state index contributed by atoms with van der Waals surface area (Å²) in [6.45, 7) is 9.60. The number of amides is 4. The molecule has 0 aliphatic carbocycles. The molecule has 4 aliphatic heterocycles. The van der Waals surface area contributed by atoms with Gasteiger partial charge in [-0.1, -0.05) is 54.1 Å². The van der Waals surface area contributed by atoms with Crippen LogP contribution in [0.15, 0.2) is 90.8 Å². The highest BCUT2D eigenvalue weighted by molar-refractivity contribution is 6.07. The summed E-state index contributed by atoms with van der Waals surface area (Å²) in [5.74, 6) is 0.282. The number of methoxy groups -OCH3 is 1. The number of unbranched alkanes of at least 4 members (excludes halogenated alkanes) is 2. The fraction of sp³-hybridized carbons (Fsp3) is 0.378. The molecule has 3 aromatic rings. The standard InChI is InChI=1S/C45H50N4O11/c1-6-15-59-44(54)48-33-22-37(29(4)20-31(33)40(50)46-24-27(2)18-35(46)42(48)52)57-16-11-8-12-17-58-39-23-34-32(21-38(39)56-5)41(51)47-25-28(3)19-36(47)43(53)49(34)45(55)60-26-30-13-9-7-10-14-30/h6-7,9-10,13-14,20-25,35-36,42-43,52-53H,1,8,11-12,15-19,26H2,2-5H3/t35-,36-,42-,43-/m0/s1. The third kappa shape index (κ3) is 8.27. The van der Waals surface area contributed by atoms with Crippen LogP contribution in [0.3, 0.4) is 0 Å². The van der Waals surface area contributed by atoms with Crippen molar-refractivity contribution >= 4 is 35.4 Å². The Morgan fingerprint density at radius 1 is 0.733 bits per heavy atom. The minimum Gasteiger partial charge on any atom is -0.493 e. The molecule has 15 heteroatoms. The Balaban J connectivity index is 1.02. The lowest BCUT2D eigenvalue weighted by Crippen LogP contribution is -2.50. The summed E-state index contributed by atoms with van der Waals surface area (Å²) in [5, 5.41) is 23.1. The molecule has 0 spiro atoms. The van der Waals surface area contributed by atoms with Crippen LogP contribution in [0.5, 0.6) is 17.2 Å². The maximum Gasteiger partial charge on any atom is 0.416 e. The van der Waals surface area contributed by atoms with Crippen LogP contribution in [0.25, 0.3) is 0 Å². The molecular weight excluding hydrogens is 773 g/mol. The summed E-state index contributed by atoms with van der Waals surface area (Å²) in [6, 6.07) is 14.1. The lowest BCUT2D eigenvalue weighted by Gasteiger charge is -2.31. The predicted octanol–water partition coefficient (Wildman–Crippen LogP) is 6.80. The molecule has 0 saturated carbocycles. The molecule has 15 nitrogen and oxygen atoms in total. The van der Waals surface area contributed by atoms with E-state index in [9.17, 15) is 29.4 Å². The second-order valence-corrected chi connectivity index (χ2v) is 15.3. The lowest BCUT2D eigenvalue weighted by atomic mass is 10.1. The van der Waals surface area contributed by atoms with E-state index in [1.54, 1.807) is 24.5 Å². The first-order chi connectivity index (χ1) is 28.9. The van der Waals surface area contributed by atoms with E-state index < -0.39 is 42.6 Å². The van der Waals surface area contributed by atoms with E-state index in [1.807, 2.05) is 51.1 Å². The highest BCUT2D eigenvalue weighted by Crippen LogP contribution is 2.43. The largest absolute Gasteiger partial charge is 0.493 e. The number of aliphatic hydroxyl groups is 2. The Morgan fingerprint density at radius 3 is 1.83 bits per heavy atom.